The van der Waals surface area contributed by atoms with Gasteiger partial charge in [-0.25, -0.2) is 4.98 Å². The highest BCUT2D eigenvalue weighted by atomic mass is 15.2. The number of aromatic nitrogens is 1. The third kappa shape index (κ3) is 3.93. The highest BCUT2D eigenvalue weighted by Crippen LogP contribution is 2.31. The molecule has 0 spiro atoms. The van der Waals surface area contributed by atoms with Gasteiger partial charge in [-0.2, -0.15) is 0 Å². The van der Waals surface area contributed by atoms with E-state index in [9.17, 15) is 0 Å². The molecule has 0 saturated heterocycles. The van der Waals surface area contributed by atoms with Crippen molar-refractivity contribution in [2.45, 2.75) is 58.5 Å². The van der Waals surface area contributed by atoms with E-state index in [1.807, 2.05) is 6.20 Å². The van der Waals surface area contributed by atoms with Gasteiger partial charge < -0.3 is 10.2 Å². The minimum absolute atomic E-state index is 0.386. The SMILES string of the molecule is CCCCN(c1ccc(C(C)NCC)cn1)C1CC1. The van der Waals surface area contributed by atoms with Crippen LogP contribution in [0.1, 0.15) is 58.1 Å². The Balaban J connectivity index is 2.02. The monoisotopic (exact) mass is 261 g/mol. The molecule has 1 N–H and O–H groups in total. The van der Waals surface area contributed by atoms with Crippen LogP contribution in [-0.2, 0) is 0 Å². The van der Waals surface area contributed by atoms with Crippen molar-refractivity contribution in [3.63, 3.8) is 0 Å². The van der Waals surface area contributed by atoms with Crippen molar-refractivity contribution in [2.24, 2.45) is 0 Å². The van der Waals surface area contributed by atoms with Gasteiger partial charge in [0.1, 0.15) is 5.82 Å². The highest BCUT2D eigenvalue weighted by Gasteiger charge is 2.29. The summed E-state index contributed by atoms with van der Waals surface area (Å²) in [5.41, 5.74) is 1.27. The summed E-state index contributed by atoms with van der Waals surface area (Å²) in [5.74, 6) is 1.16. The van der Waals surface area contributed by atoms with E-state index in [4.69, 9.17) is 0 Å². The second kappa shape index (κ2) is 6.90. The van der Waals surface area contributed by atoms with Crippen LogP contribution < -0.4 is 10.2 Å². The lowest BCUT2D eigenvalue weighted by atomic mass is 10.1. The zero-order valence-corrected chi connectivity index (χ0v) is 12.5. The number of rotatable bonds is 8. The molecule has 1 aliphatic carbocycles. The number of nitrogens with zero attached hydrogens (tertiary/aromatic N) is 2. The van der Waals surface area contributed by atoms with Gasteiger partial charge in [-0.15, -0.1) is 0 Å². The Morgan fingerprint density at radius 2 is 2.16 bits per heavy atom. The summed E-state index contributed by atoms with van der Waals surface area (Å²) >= 11 is 0. The van der Waals surface area contributed by atoms with E-state index in [-0.39, 0.29) is 0 Å². The summed E-state index contributed by atoms with van der Waals surface area (Å²) < 4.78 is 0. The van der Waals surface area contributed by atoms with Gasteiger partial charge in [0, 0.05) is 24.8 Å². The second-order valence-corrected chi connectivity index (χ2v) is 5.51. The van der Waals surface area contributed by atoms with Crippen LogP contribution in [-0.4, -0.2) is 24.1 Å². The summed E-state index contributed by atoms with van der Waals surface area (Å²) in [7, 11) is 0. The van der Waals surface area contributed by atoms with Crippen molar-refractivity contribution in [3.05, 3.63) is 23.9 Å². The normalized spacial score (nSPS) is 16.4. The van der Waals surface area contributed by atoms with Crippen LogP contribution in [0.5, 0.6) is 0 Å². The molecule has 3 heteroatoms. The lowest BCUT2D eigenvalue weighted by Gasteiger charge is -2.24. The second-order valence-electron chi connectivity index (χ2n) is 5.51. The van der Waals surface area contributed by atoms with Crippen LogP contribution in [0.3, 0.4) is 0 Å². The number of nitrogens with one attached hydrogen (secondary N) is 1. The van der Waals surface area contributed by atoms with Crippen molar-refractivity contribution >= 4 is 5.82 Å². The van der Waals surface area contributed by atoms with Crippen LogP contribution in [0.25, 0.3) is 0 Å². The molecule has 0 aliphatic heterocycles. The van der Waals surface area contributed by atoms with Gasteiger partial charge >= 0.3 is 0 Å². The highest BCUT2D eigenvalue weighted by molar-refractivity contribution is 5.42. The average Bonchev–Trinajstić information content (AvgIpc) is 3.25. The smallest absolute Gasteiger partial charge is 0.128 e. The fraction of sp³-hybridized carbons (Fsp3) is 0.688. The van der Waals surface area contributed by atoms with Crippen molar-refractivity contribution in [1.82, 2.24) is 10.3 Å². The Morgan fingerprint density at radius 1 is 1.37 bits per heavy atom. The first-order valence-corrected chi connectivity index (χ1v) is 7.72. The van der Waals surface area contributed by atoms with E-state index in [2.05, 4.69) is 48.1 Å². The quantitative estimate of drug-likeness (QED) is 0.776. The van der Waals surface area contributed by atoms with Crippen LogP contribution in [0.15, 0.2) is 18.3 Å². The molecular formula is C16H27N3. The van der Waals surface area contributed by atoms with Gasteiger partial charge in [0.05, 0.1) is 0 Å². The molecule has 1 saturated carbocycles. The Kier molecular flexibility index (Phi) is 5.20. The number of unbranched alkanes of at least 4 members (excludes halogenated alkanes) is 1. The zero-order chi connectivity index (χ0) is 13.7. The maximum Gasteiger partial charge on any atom is 0.128 e. The van der Waals surface area contributed by atoms with E-state index in [1.165, 1.54) is 31.2 Å². The predicted octanol–water partition coefficient (Wildman–Crippen LogP) is 3.52. The van der Waals surface area contributed by atoms with Crippen LogP contribution in [0, 0.1) is 0 Å². The van der Waals surface area contributed by atoms with Crippen LogP contribution in [0.2, 0.25) is 0 Å². The third-order valence-corrected chi connectivity index (χ3v) is 3.82. The molecular weight excluding hydrogens is 234 g/mol. The molecule has 1 aliphatic rings. The molecule has 1 heterocycles. The first-order chi connectivity index (χ1) is 9.26. The van der Waals surface area contributed by atoms with Gasteiger partial charge in [-0.1, -0.05) is 26.3 Å². The van der Waals surface area contributed by atoms with Crippen LogP contribution >= 0.6 is 0 Å². The molecule has 19 heavy (non-hydrogen) atoms. The molecule has 1 unspecified atom stereocenters. The van der Waals surface area contributed by atoms with Gasteiger partial charge in [-0.05, 0) is 44.4 Å². The molecule has 1 aromatic rings. The summed E-state index contributed by atoms with van der Waals surface area (Å²) in [6, 6.07) is 5.54. The van der Waals surface area contributed by atoms with Crippen LogP contribution in [0.4, 0.5) is 5.82 Å². The topological polar surface area (TPSA) is 28.2 Å². The van der Waals surface area contributed by atoms with E-state index in [0.29, 0.717) is 6.04 Å². The molecule has 1 aromatic heterocycles. The van der Waals surface area contributed by atoms with Gasteiger partial charge in [0.2, 0.25) is 0 Å². The Morgan fingerprint density at radius 3 is 2.68 bits per heavy atom. The van der Waals surface area contributed by atoms with Crippen molar-refractivity contribution in [2.75, 3.05) is 18.0 Å². The Hall–Kier alpha value is -1.09. The summed E-state index contributed by atoms with van der Waals surface area (Å²) in [5, 5.41) is 3.43. The fourth-order valence-electron chi connectivity index (χ4n) is 2.45. The van der Waals surface area contributed by atoms with Crippen molar-refractivity contribution in [3.8, 4) is 0 Å². The Labute approximate surface area is 117 Å². The van der Waals surface area contributed by atoms with E-state index in [0.717, 1.165) is 24.9 Å². The fourth-order valence-corrected chi connectivity index (χ4v) is 2.45. The maximum absolute atomic E-state index is 4.68. The zero-order valence-electron chi connectivity index (χ0n) is 12.5. The number of pyridine rings is 1. The first kappa shape index (κ1) is 14.3. The molecule has 2 rings (SSSR count). The lowest BCUT2D eigenvalue weighted by molar-refractivity contribution is 0.595. The maximum atomic E-state index is 4.68. The summed E-state index contributed by atoms with van der Waals surface area (Å²) in [6.45, 7) is 8.72. The van der Waals surface area contributed by atoms with E-state index >= 15 is 0 Å². The van der Waals surface area contributed by atoms with Gasteiger partial charge in [-0.3, -0.25) is 0 Å². The van der Waals surface area contributed by atoms with Gasteiger partial charge in [0.15, 0.2) is 0 Å². The molecule has 106 valence electrons. The lowest BCUT2D eigenvalue weighted by Crippen LogP contribution is -2.27. The summed E-state index contributed by atoms with van der Waals surface area (Å²) in [6.07, 6.45) is 7.21. The van der Waals surface area contributed by atoms with Crippen molar-refractivity contribution in [1.29, 1.82) is 0 Å². The molecule has 0 amide bonds. The van der Waals surface area contributed by atoms with Crippen molar-refractivity contribution < 1.29 is 0 Å². The largest absolute Gasteiger partial charge is 0.354 e. The number of anilines is 1. The minimum atomic E-state index is 0.386. The molecule has 0 aromatic carbocycles. The molecule has 1 fully saturated rings. The average molecular weight is 261 g/mol. The first-order valence-electron chi connectivity index (χ1n) is 7.72. The molecule has 0 bridgehead atoms. The number of hydrogen-bond donors (Lipinski definition) is 1. The third-order valence-electron chi connectivity index (χ3n) is 3.82. The van der Waals surface area contributed by atoms with E-state index in [1.54, 1.807) is 0 Å². The molecule has 0 radical (unpaired) electrons. The number of hydrogen-bond acceptors (Lipinski definition) is 3. The standard InChI is InChI=1S/C16H27N3/c1-4-6-11-19(15-8-9-15)16-10-7-14(12-18-16)13(3)17-5-2/h7,10,12-13,15,17H,4-6,8-9,11H2,1-3H3. The molecule has 3 nitrogen and oxygen atoms in total. The Bertz CT molecular complexity index is 370. The molecule has 1 atom stereocenters. The predicted molar refractivity (Wildman–Crippen MR) is 81.6 cm³/mol. The van der Waals surface area contributed by atoms with E-state index < -0.39 is 0 Å². The summed E-state index contributed by atoms with van der Waals surface area (Å²) in [4.78, 5) is 7.17. The minimum Gasteiger partial charge on any atom is -0.354 e. The van der Waals surface area contributed by atoms with Gasteiger partial charge in [0.25, 0.3) is 0 Å².